The van der Waals surface area contributed by atoms with Gasteiger partial charge in [-0.05, 0) is 49.8 Å². The molecule has 0 saturated heterocycles. The summed E-state index contributed by atoms with van der Waals surface area (Å²) < 4.78 is 0. The first-order valence-electron chi connectivity index (χ1n) is 10.7. The Morgan fingerprint density at radius 1 is 1.26 bits per heavy atom. The molecular formula is C24H27N3O2S2. The lowest BCUT2D eigenvalue weighted by molar-refractivity contribution is -0.124. The third-order valence-corrected chi connectivity index (χ3v) is 7.45. The number of para-hydroxylation sites is 1. The molecule has 162 valence electrons. The van der Waals surface area contributed by atoms with Crippen LogP contribution in [-0.2, 0) is 16.0 Å². The predicted octanol–water partition coefficient (Wildman–Crippen LogP) is 5.24. The first-order valence-corrected chi connectivity index (χ1v) is 12.5. The molecule has 2 aromatic heterocycles. The number of nitrogens with one attached hydrogen (secondary N) is 1. The van der Waals surface area contributed by atoms with Gasteiger partial charge < -0.3 is 10.2 Å². The van der Waals surface area contributed by atoms with Crippen LogP contribution in [0.15, 0.2) is 46.5 Å². The van der Waals surface area contributed by atoms with Crippen molar-refractivity contribution in [1.29, 1.82) is 0 Å². The van der Waals surface area contributed by atoms with E-state index < -0.39 is 0 Å². The summed E-state index contributed by atoms with van der Waals surface area (Å²) in [5.41, 5.74) is 3.65. The van der Waals surface area contributed by atoms with Gasteiger partial charge in [-0.2, -0.15) is 11.3 Å². The molecule has 3 aromatic rings. The smallest absolute Gasteiger partial charge is 0.233 e. The highest BCUT2D eigenvalue weighted by molar-refractivity contribution is 7.14. The number of thiophene rings is 1. The molecule has 3 atom stereocenters. The van der Waals surface area contributed by atoms with Crippen molar-refractivity contribution in [3.63, 3.8) is 0 Å². The molecule has 1 aromatic carbocycles. The van der Waals surface area contributed by atoms with Crippen molar-refractivity contribution < 1.29 is 9.59 Å². The van der Waals surface area contributed by atoms with Crippen molar-refractivity contribution in [3.05, 3.63) is 57.7 Å². The zero-order valence-corrected chi connectivity index (χ0v) is 19.6. The number of fused-ring (bicyclic) bond motifs is 1. The second kappa shape index (κ2) is 9.32. The number of anilines is 1. The molecule has 0 unspecified atom stereocenters. The van der Waals surface area contributed by atoms with Gasteiger partial charge in [-0.3, -0.25) is 9.59 Å². The monoisotopic (exact) mass is 453 g/mol. The average molecular weight is 454 g/mol. The molecule has 4 rings (SSSR count). The standard InChI is InChI=1S/C24H27N3O2S2/c1-4-15(2)25-23(29)20-11-16(3)27(21-8-6-5-7-19(20)21)22(28)12-18-14-31-24(26-18)17-9-10-30-13-17/h5-10,13-16,20H,4,11-12H2,1-3H3,(H,25,29)/t15-,16-,20+/m1/s1. The van der Waals surface area contributed by atoms with E-state index in [2.05, 4.69) is 22.6 Å². The fourth-order valence-corrected chi connectivity index (χ4v) is 5.57. The van der Waals surface area contributed by atoms with Gasteiger partial charge in [0.05, 0.1) is 18.0 Å². The summed E-state index contributed by atoms with van der Waals surface area (Å²) >= 11 is 3.21. The summed E-state index contributed by atoms with van der Waals surface area (Å²) in [5.74, 6) is -0.183. The van der Waals surface area contributed by atoms with Gasteiger partial charge in [0.1, 0.15) is 5.01 Å². The van der Waals surface area contributed by atoms with Crippen LogP contribution in [0.5, 0.6) is 0 Å². The topological polar surface area (TPSA) is 62.3 Å². The summed E-state index contributed by atoms with van der Waals surface area (Å²) in [6.45, 7) is 6.10. The van der Waals surface area contributed by atoms with E-state index in [4.69, 9.17) is 0 Å². The van der Waals surface area contributed by atoms with Gasteiger partial charge in [-0.1, -0.05) is 25.1 Å². The Labute approximate surface area is 191 Å². The van der Waals surface area contributed by atoms with Gasteiger partial charge in [0.15, 0.2) is 0 Å². The highest BCUT2D eigenvalue weighted by Gasteiger charge is 2.37. The SMILES string of the molecule is CC[C@@H](C)NC(=O)[C@H]1C[C@@H](C)N(C(=O)Cc2csc(-c3ccsc3)n2)c2ccccc21. The molecule has 2 amide bonds. The van der Waals surface area contributed by atoms with Crippen LogP contribution in [0.25, 0.3) is 10.6 Å². The van der Waals surface area contributed by atoms with Crippen LogP contribution >= 0.6 is 22.7 Å². The number of aromatic nitrogens is 1. The molecule has 0 saturated carbocycles. The Bertz CT molecular complexity index is 1060. The van der Waals surface area contributed by atoms with Gasteiger partial charge in [0.25, 0.3) is 0 Å². The quantitative estimate of drug-likeness (QED) is 0.555. The van der Waals surface area contributed by atoms with E-state index in [0.717, 1.165) is 33.9 Å². The summed E-state index contributed by atoms with van der Waals surface area (Å²) in [7, 11) is 0. The minimum absolute atomic E-state index is 0.0166. The van der Waals surface area contributed by atoms with E-state index in [1.165, 1.54) is 0 Å². The maximum Gasteiger partial charge on any atom is 0.233 e. The van der Waals surface area contributed by atoms with Crippen LogP contribution in [0, 0.1) is 0 Å². The minimum atomic E-state index is -0.242. The molecule has 3 heterocycles. The summed E-state index contributed by atoms with van der Waals surface area (Å²) in [4.78, 5) is 32.8. The largest absolute Gasteiger partial charge is 0.353 e. The highest BCUT2D eigenvalue weighted by Crippen LogP contribution is 2.39. The second-order valence-electron chi connectivity index (χ2n) is 8.11. The fourth-order valence-electron chi connectivity index (χ4n) is 4.03. The van der Waals surface area contributed by atoms with Crippen LogP contribution in [-0.4, -0.2) is 28.9 Å². The highest BCUT2D eigenvalue weighted by atomic mass is 32.1. The van der Waals surface area contributed by atoms with Crippen LogP contribution in [0.3, 0.4) is 0 Å². The van der Waals surface area contributed by atoms with E-state index >= 15 is 0 Å². The van der Waals surface area contributed by atoms with Crippen LogP contribution in [0.4, 0.5) is 5.69 Å². The molecule has 31 heavy (non-hydrogen) atoms. The van der Waals surface area contributed by atoms with Crippen molar-refractivity contribution in [2.45, 2.75) is 58.0 Å². The number of hydrogen-bond donors (Lipinski definition) is 1. The third-order valence-electron chi connectivity index (χ3n) is 5.83. The van der Waals surface area contributed by atoms with Crippen LogP contribution in [0.1, 0.15) is 50.8 Å². The van der Waals surface area contributed by atoms with Crippen LogP contribution < -0.4 is 10.2 Å². The van der Waals surface area contributed by atoms with Crippen molar-refractivity contribution in [2.75, 3.05) is 4.90 Å². The number of carbonyl (C=O) groups is 2. The Hall–Kier alpha value is -2.51. The van der Waals surface area contributed by atoms with Crippen molar-refractivity contribution in [1.82, 2.24) is 10.3 Å². The molecule has 5 nitrogen and oxygen atoms in total. The van der Waals surface area contributed by atoms with Crippen LogP contribution in [0.2, 0.25) is 0 Å². The fraction of sp³-hybridized carbons (Fsp3) is 0.375. The van der Waals surface area contributed by atoms with Crippen molar-refractivity contribution >= 4 is 40.2 Å². The lowest BCUT2D eigenvalue weighted by atomic mass is 9.85. The number of carbonyl (C=O) groups excluding carboxylic acids is 2. The van der Waals surface area contributed by atoms with Gasteiger partial charge >= 0.3 is 0 Å². The summed E-state index contributed by atoms with van der Waals surface area (Å²) in [6.07, 6.45) is 1.76. The molecule has 0 aliphatic carbocycles. The van der Waals surface area contributed by atoms with Gasteiger partial charge in [0.2, 0.25) is 11.8 Å². The maximum atomic E-state index is 13.3. The minimum Gasteiger partial charge on any atom is -0.353 e. The van der Waals surface area contributed by atoms with Gasteiger partial charge in [-0.25, -0.2) is 4.98 Å². The normalized spacial score (nSPS) is 19.0. The Morgan fingerprint density at radius 2 is 2.06 bits per heavy atom. The average Bonchev–Trinajstić information content (AvgIpc) is 3.44. The molecule has 1 aliphatic rings. The number of amides is 2. The van der Waals surface area contributed by atoms with E-state index in [1.54, 1.807) is 22.7 Å². The van der Waals surface area contributed by atoms with Gasteiger partial charge in [0, 0.05) is 34.1 Å². The Morgan fingerprint density at radius 3 is 2.81 bits per heavy atom. The molecule has 0 fully saturated rings. The molecule has 0 bridgehead atoms. The first-order chi connectivity index (χ1) is 15.0. The third kappa shape index (κ3) is 4.57. The lowest BCUT2D eigenvalue weighted by Crippen LogP contribution is -2.47. The predicted molar refractivity (Wildman–Crippen MR) is 128 cm³/mol. The summed E-state index contributed by atoms with van der Waals surface area (Å²) in [6, 6.07) is 9.90. The maximum absolute atomic E-state index is 13.3. The number of benzene rings is 1. The zero-order chi connectivity index (χ0) is 22.0. The molecule has 1 aliphatic heterocycles. The number of nitrogens with zero attached hydrogens (tertiary/aromatic N) is 2. The Kier molecular flexibility index (Phi) is 6.53. The Balaban J connectivity index is 1.56. The molecule has 1 N–H and O–H groups in total. The van der Waals surface area contributed by atoms with E-state index in [-0.39, 0.29) is 36.2 Å². The van der Waals surface area contributed by atoms with Crippen molar-refractivity contribution in [2.24, 2.45) is 0 Å². The van der Waals surface area contributed by atoms with E-state index in [1.807, 2.05) is 59.8 Å². The first kappa shape index (κ1) is 21.7. The molecule has 7 heteroatoms. The second-order valence-corrected chi connectivity index (χ2v) is 9.75. The van der Waals surface area contributed by atoms with E-state index in [0.29, 0.717) is 6.42 Å². The molecule has 0 radical (unpaired) electrons. The molecule has 0 spiro atoms. The lowest BCUT2D eigenvalue weighted by Gasteiger charge is -2.39. The van der Waals surface area contributed by atoms with Crippen molar-refractivity contribution in [3.8, 4) is 10.6 Å². The number of hydrogen-bond acceptors (Lipinski definition) is 5. The van der Waals surface area contributed by atoms with E-state index in [9.17, 15) is 9.59 Å². The molecular weight excluding hydrogens is 426 g/mol. The number of thiazole rings is 1. The summed E-state index contributed by atoms with van der Waals surface area (Å²) in [5, 5.41) is 10.1. The number of rotatable bonds is 6. The van der Waals surface area contributed by atoms with Gasteiger partial charge in [-0.15, -0.1) is 11.3 Å². The zero-order valence-electron chi connectivity index (χ0n) is 18.0.